The summed E-state index contributed by atoms with van der Waals surface area (Å²) in [5.74, 6) is 1.04. The Morgan fingerprint density at radius 1 is 1.33 bits per heavy atom. The SMILES string of the molecule is CCC(C)N(CCOC)c1cccc(CNC(C)(C)C)n1. The second kappa shape index (κ2) is 8.35. The quantitative estimate of drug-likeness (QED) is 0.798. The molecule has 0 aliphatic heterocycles. The summed E-state index contributed by atoms with van der Waals surface area (Å²) in [6, 6.07) is 6.71. The van der Waals surface area contributed by atoms with Crippen molar-refractivity contribution in [3.8, 4) is 0 Å². The number of nitrogens with zero attached hydrogens (tertiary/aromatic N) is 2. The van der Waals surface area contributed by atoms with Crippen molar-refractivity contribution in [2.24, 2.45) is 0 Å². The molecule has 0 fully saturated rings. The number of anilines is 1. The van der Waals surface area contributed by atoms with Crippen molar-refractivity contribution >= 4 is 5.82 Å². The molecule has 1 aromatic rings. The summed E-state index contributed by atoms with van der Waals surface area (Å²) >= 11 is 0. The molecule has 0 amide bonds. The highest BCUT2D eigenvalue weighted by molar-refractivity contribution is 5.40. The summed E-state index contributed by atoms with van der Waals surface area (Å²) < 4.78 is 5.23. The van der Waals surface area contributed by atoms with Gasteiger partial charge < -0.3 is 15.0 Å². The van der Waals surface area contributed by atoms with E-state index in [4.69, 9.17) is 9.72 Å². The van der Waals surface area contributed by atoms with Crippen LogP contribution in [0.25, 0.3) is 0 Å². The van der Waals surface area contributed by atoms with Crippen LogP contribution in [-0.4, -0.2) is 36.8 Å². The van der Waals surface area contributed by atoms with Crippen molar-refractivity contribution in [1.82, 2.24) is 10.3 Å². The van der Waals surface area contributed by atoms with Gasteiger partial charge in [0.15, 0.2) is 0 Å². The highest BCUT2D eigenvalue weighted by atomic mass is 16.5. The Hall–Kier alpha value is -1.13. The Bertz CT molecular complexity index is 415. The number of nitrogens with one attached hydrogen (secondary N) is 1. The van der Waals surface area contributed by atoms with Gasteiger partial charge in [0.05, 0.1) is 12.3 Å². The average molecular weight is 293 g/mol. The number of aromatic nitrogens is 1. The van der Waals surface area contributed by atoms with E-state index in [0.717, 1.165) is 37.6 Å². The maximum Gasteiger partial charge on any atom is 0.129 e. The predicted molar refractivity (Wildman–Crippen MR) is 89.8 cm³/mol. The van der Waals surface area contributed by atoms with Crippen LogP contribution >= 0.6 is 0 Å². The minimum Gasteiger partial charge on any atom is -0.383 e. The minimum atomic E-state index is 0.101. The van der Waals surface area contributed by atoms with Crippen LogP contribution in [0.4, 0.5) is 5.82 Å². The van der Waals surface area contributed by atoms with Gasteiger partial charge in [0, 0.05) is 31.8 Å². The zero-order valence-corrected chi connectivity index (χ0v) is 14.4. The molecule has 1 rings (SSSR count). The van der Waals surface area contributed by atoms with Gasteiger partial charge in [0.25, 0.3) is 0 Å². The first-order valence-electron chi connectivity index (χ1n) is 7.84. The molecule has 21 heavy (non-hydrogen) atoms. The molecule has 1 atom stereocenters. The van der Waals surface area contributed by atoms with Gasteiger partial charge in [-0.3, -0.25) is 0 Å². The number of hydrogen-bond donors (Lipinski definition) is 1. The molecule has 4 nitrogen and oxygen atoms in total. The Morgan fingerprint density at radius 3 is 2.62 bits per heavy atom. The van der Waals surface area contributed by atoms with E-state index >= 15 is 0 Å². The lowest BCUT2D eigenvalue weighted by Crippen LogP contribution is -2.37. The van der Waals surface area contributed by atoms with Gasteiger partial charge in [0.1, 0.15) is 5.82 Å². The number of rotatable bonds is 8. The number of pyridine rings is 1. The van der Waals surface area contributed by atoms with Crippen molar-refractivity contribution < 1.29 is 4.74 Å². The van der Waals surface area contributed by atoms with Gasteiger partial charge in [-0.05, 0) is 46.2 Å². The lowest BCUT2D eigenvalue weighted by Gasteiger charge is -2.30. The smallest absolute Gasteiger partial charge is 0.129 e. The van der Waals surface area contributed by atoms with Crippen molar-refractivity contribution in [2.75, 3.05) is 25.2 Å². The first kappa shape index (κ1) is 17.9. The van der Waals surface area contributed by atoms with E-state index in [1.165, 1.54) is 0 Å². The number of ether oxygens (including phenoxy) is 1. The first-order chi connectivity index (χ1) is 9.87. The molecule has 0 saturated heterocycles. The second-order valence-corrected chi connectivity index (χ2v) is 6.53. The van der Waals surface area contributed by atoms with Crippen LogP contribution in [0.3, 0.4) is 0 Å². The fraction of sp³-hybridized carbons (Fsp3) is 0.706. The van der Waals surface area contributed by atoms with E-state index in [0.29, 0.717) is 6.04 Å². The van der Waals surface area contributed by atoms with E-state index in [-0.39, 0.29) is 5.54 Å². The number of methoxy groups -OCH3 is 1. The Morgan fingerprint density at radius 2 is 2.05 bits per heavy atom. The third-order valence-corrected chi connectivity index (χ3v) is 3.55. The highest BCUT2D eigenvalue weighted by Gasteiger charge is 2.15. The molecular formula is C17H31N3O. The van der Waals surface area contributed by atoms with Crippen LogP contribution in [0.5, 0.6) is 0 Å². The largest absolute Gasteiger partial charge is 0.383 e. The highest BCUT2D eigenvalue weighted by Crippen LogP contribution is 2.16. The van der Waals surface area contributed by atoms with Gasteiger partial charge in [-0.25, -0.2) is 4.98 Å². The van der Waals surface area contributed by atoms with Crippen LogP contribution in [-0.2, 0) is 11.3 Å². The molecule has 0 aliphatic rings. The third kappa shape index (κ3) is 6.44. The summed E-state index contributed by atoms with van der Waals surface area (Å²) in [4.78, 5) is 7.13. The van der Waals surface area contributed by atoms with Crippen LogP contribution in [0, 0.1) is 0 Å². The van der Waals surface area contributed by atoms with E-state index in [9.17, 15) is 0 Å². The summed E-state index contributed by atoms with van der Waals surface area (Å²) in [5.41, 5.74) is 1.18. The van der Waals surface area contributed by atoms with E-state index in [2.05, 4.69) is 63.0 Å². The van der Waals surface area contributed by atoms with Gasteiger partial charge >= 0.3 is 0 Å². The van der Waals surface area contributed by atoms with Crippen molar-refractivity contribution in [3.05, 3.63) is 23.9 Å². The lowest BCUT2D eigenvalue weighted by molar-refractivity contribution is 0.203. The van der Waals surface area contributed by atoms with Gasteiger partial charge in [-0.2, -0.15) is 0 Å². The maximum absolute atomic E-state index is 5.23. The molecule has 0 aromatic carbocycles. The Kier molecular flexibility index (Phi) is 7.12. The second-order valence-electron chi connectivity index (χ2n) is 6.53. The molecule has 0 radical (unpaired) electrons. The van der Waals surface area contributed by atoms with E-state index in [1.54, 1.807) is 7.11 Å². The molecule has 120 valence electrons. The van der Waals surface area contributed by atoms with Crippen molar-refractivity contribution in [3.63, 3.8) is 0 Å². The molecule has 1 heterocycles. The summed E-state index contributed by atoms with van der Waals surface area (Å²) in [7, 11) is 1.74. The molecule has 4 heteroatoms. The van der Waals surface area contributed by atoms with E-state index < -0.39 is 0 Å². The molecule has 0 spiro atoms. The zero-order valence-electron chi connectivity index (χ0n) is 14.4. The first-order valence-corrected chi connectivity index (χ1v) is 7.84. The summed E-state index contributed by atoms with van der Waals surface area (Å²) in [6.45, 7) is 13.3. The number of hydrogen-bond acceptors (Lipinski definition) is 4. The van der Waals surface area contributed by atoms with Gasteiger partial charge in [0.2, 0.25) is 0 Å². The van der Waals surface area contributed by atoms with Crippen LogP contribution < -0.4 is 10.2 Å². The lowest BCUT2D eigenvalue weighted by atomic mass is 10.1. The monoisotopic (exact) mass is 293 g/mol. The molecule has 1 N–H and O–H groups in total. The van der Waals surface area contributed by atoms with Crippen LogP contribution in [0.1, 0.15) is 46.7 Å². The molecule has 0 aliphatic carbocycles. The third-order valence-electron chi connectivity index (χ3n) is 3.55. The van der Waals surface area contributed by atoms with Gasteiger partial charge in [-0.15, -0.1) is 0 Å². The van der Waals surface area contributed by atoms with Crippen molar-refractivity contribution in [2.45, 2.75) is 59.2 Å². The maximum atomic E-state index is 5.23. The molecule has 0 bridgehead atoms. The molecule has 1 aromatic heterocycles. The van der Waals surface area contributed by atoms with Crippen molar-refractivity contribution in [1.29, 1.82) is 0 Å². The summed E-state index contributed by atoms with van der Waals surface area (Å²) in [6.07, 6.45) is 1.09. The Labute approximate surface area is 129 Å². The van der Waals surface area contributed by atoms with Gasteiger partial charge in [-0.1, -0.05) is 13.0 Å². The zero-order chi connectivity index (χ0) is 15.9. The minimum absolute atomic E-state index is 0.101. The average Bonchev–Trinajstić information content (AvgIpc) is 2.45. The van der Waals surface area contributed by atoms with Crippen LogP contribution in [0.15, 0.2) is 18.2 Å². The fourth-order valence-electron chi connectivity index (χ4n) is 2.05. The molecular weight excluding hydrogens is 262 g/mol. The van der Waals surface area contributed by atoms with E-state index in [1.807, 2.05) is 0 Å². The standard InChI is InChI=1S/C17H31N3O/c1-7-14(2)20(11-12-21-6)16-10-8-9-15(19-16)13-18-17(3,4)5/h8-10,14,18H,7,11-13H2,1-6H3. The predicted octanol–water partition coefficient (Wildman–Crippen LogP) is 3.22. The normalized spacial score (nSPS) is 13.2. The molecule has 0 saturated carbocycles. The Balaban J connectivity index is 2.83. The fourth-order valence-corrected chi connectivity index (χ4v) is 2.05. The summed E-state index contributed by atoms with van der Waals surface area (Å²) in [5, 5.41) is 3.48. The topological polar surface area (TPSA) is 37.4 Å². The van der Waals surface area contributed by atoms with Crippen LogP contribution in [0.2, 0.25) is 0 Å². The molecule has 1 unspecified atom stereocenters.